The van der Waals surface area contributed by atoms with Crippen molar-refractivity contribution in [3.8, 4) is 0 Å². The minimum Gasteiger partial charge on any atom is -0.322 e. The number of benzene rings is 1. The van der Waals surface area contributed by atoms with Crippen LogP contribution in [-0.4, -0.2) is 20.5 Å². The van der Waals surface area contributed by atoms with Crippen LogP contribution in [0.4, 0.5) is 5.69 Å². The number of amides is 1. The Kier molecular flexibility index (Phi) is 3.12. The van der Waals surface area contributed by atoms with Crippen LogP contribution < -0.4 is 5.32 Å². The number of carbonyl (C=O) groups is 1. The molecule has 3 rings (SSSR count). The van der Waals surface area contributed by atoms with Gasteiger partial charge in [0.15, 0.2) is 5.65 Å². The second-order valence-corrected chi connectivity index (χ2v) is 4.72. The van der Waals surface area contributed by atoms with Crippen LogP contribution in [0.1, 0.15) is 15.9 Å². The number of carbonyl (C=O) groups excluding carboxylic acids is 1. The fourth-order valence-corrected chi connectivity index (χ4v) is 2.09. The summed E-state index contributed by atoms with van der Waals surface area (Å²) in [5, 5.41) is 7.53. The lowest BCUT2D eigenvalue weighted by Crippen LogP contribution is -2.13. The number of fused-ring (bicyclic) bond motifs is 1. The molecular weight excluding hydrogens is 276 g/mol. The SMILES string of the molecule is Cc1c(Cl)cccc1NC(=O)c1cnn2cccnc12. The summed E-state index contributed by atoms with van der Waals surface area (Å²) in [7, 11) is 0. The van der Waals surface area contributed by atoms with E-state index in [9.17, 15) is 4.79 Å². The van der Waals surface area contributed by atoms with Crippen molar-refractivity contribution in [1.82, 2.24) is 14.6 Å². The number of anilines is 1. The third-order valence-electron chi connectivity index (χ3n) is 3.04. The molecule has 0 saturated carbocycles. The topological polar surface area (TPSA) is 59.3 Å². The maximum Gasteiger partial charge on any atom is 0.261 e. The molecule has 0 aliphatic carbocycles. The average Bonchev–Trinajstić information content (AvgIpc) is 2.88. The van der Waals surface area contributed by atoms with Gasteiger partial charge in [-0.1, -0.05) is 17.7 Å². The molecule has 0 saturated heterocycles. The van der Waals surface area contributed by atoms with E-state index in [0.717, 1.165) is 5.56 Å². The van der Waals surface area contributed by atoms with Crippen molar-refractivity contribution in [3.63, 3.8) is 0 Å². The highest BCUT2D eigenvalue weighted by Crippen LogP contribution is 2.23. The van der Waals surface area contributed by atoms with Gasteiger partial charge in [-0.2, -0.15) is 5.10 Å². The van der Waals surface area contributed by atoms with Crippen LogP contribution in [0.2, 0.25) is 5.02 Å². The molecule has 0 radical (unpaired) electrons. The van der Waals surface area contributed by atoms with Crippen LogP contribution in [0.3, 0.4) is 0 Å². The summed E-state index contributed by atoms with van der Waals surface area (Å²) >= 11 is 6.04. The van der Waals surface area contributed by atoms with Crippen molar-refractivity contribution < 1.29 is 4.79 Å². The van der Waals surface area contributed by atoms with E-state index in [1.165, 1.54) is 6.20 Å². The normalized spacial score (nSPS) is 10.7. The Morgan fingerprint density at radius 3 is 3.05 bits per heavy atom. The molecule has 0 atom stereocenters. The van der Waals surface area contributed by atoms with E-state index in [2.05, 4.69) is 15.4 Å². The number of halogens is 1. The molecule has 5 nitrogen and oxygen atoms in total. The molecule has 1 aromatic carbocycles. The molecule has 0 aliphatic heterocycles. The molecule has 6 heteroatoms. The Bertz CT molecular complexity index is 797. The first-order valence-corrected chi connectivity index (χ1v) is 6.39. The fourth-order valence-electron chi connectivity index (χ4n) is 1.92. The van der Waals surface area contributed by atoms with E-state index in [1.807, 2.05) is 6.92 Å². The molecule has 100 valence electrons. The number of aromatic nitrogens is 3. The third-order valence-corrected chi connectivity index (χ3v) is 3.45. The van der Waals surface area contributed by atoms with E-state index in [4.69, 9.17) is 11.6 Å². The Hall–Kier alpha value is -2.40. The number of hydrogen-bond donors (Lipinski definition) is 1. The zero-order chi connectivity index (χ0) is 14.1. The van der Waals surface area contributed by atoms with Crippen LogP contribution in [0.25, 0.3) is 5.65 Å². The summed E-state index contributed by atoms with van der Waals surface area (Å²) in [4.78, 5) is 16.5. The predicted molar refractivity (Wildman–Crippen MR) is 77.1 cm³/mol. The third kappa shape index (κ3) is 2.12. The first-order valence-electron chi connectivity index (χ1n) is 6.01. The molecule has 3 aromatic rings. The number of nitrogens with one attached hydrogen (secondary N) is 1. The van der Waals surface area contributed by atoms with Gasteiger partial charge >= 0.3 is 0 Å². The fraction of sp³-hybridized carbons (Fsp3) is 0.0714. The van der Waals surface area contributed by atoms with E-state index in [1.54, 1.807) is 41.2 Å². The molecular formula is C14H11ClN4O. The van der Waals surface area contributed by atoms with Crippen molar-refractivity contribution >= 4 is 28.8 Å². The van der Waals surface area contributed by atoms with E-state index >= 15 is 0 Å². The smallest absolute Gasteiger partial charge is 0.261 e. The monoisotopic (exact) mass is 286 g/mol. The molecule has 20 heavy (non-hydrogen) atoms. The highest BCUT2D eigenvalue weighted by Gasteiger charge is 2.14. The van der Waals surface area contributed by atoms with Crippen LogP contribution in [0.5, 0.6) is 0 Å². The highest BCUT2D eigenvalue weighted by molar-refractivity contribution is 6.31. The van der Waals surface area contributed by atoms with Gasteiger partial charge in [-0.3, -0.25) is 4.79 Å². The molecule has 1 amide bonds. The summed E-state index contributed by atoms with van der Waals surface area (Å²) in [6.45, 7) is 1.85. The van der Waals surface area contributed by atoms with Crippen LogP contribution in [0.15, 0.2) is 42.9 Å². The molecule has 0 unspecified atom stereocenters. The predicted octanol–water partition coefficient (Wildman–Crippen LogP) is 2.94. The largest absolute Gasteiger partial charge is 0.322 e. The van der Waals surface area contributed by atoms with Gasteiger partial charge in [0, 0.05) is 23.1 Å². The quantitative estimate of drug-likeness (QED) is 0.788. The average molecular weight is 287 g/mol. The molecule has 2 aromatic heterocycles. The lowest BCUT2D eigenvalue weighted by atomic mass is 10.2. The first kappa shape index (κ1) is 12.6. The minimum atomic E-state index is -0.260. The molecule has 2 heterocycles. The lowest BCUT2D eigenvalue weighted by Gasteiger charge is -2.08. The summed E-state index contributed by atoms with van der Waals surface area (Å²) in [6, 6.07) is 7.13. The van der Waals surface area contributed by atoms with Crippen molar-refractivity contribution in [2.45, 2.75) is 6.92 Å². The van der Waals surface area contributed by atoms with E-state index in [0.29, 0.717) is 21.9 Å². The Morgan fingerprint density at radius 1 is 1.35 bits per heavy atom. The van der Waals surface area contributed by atoms with Crippen molar-refractivity contribution in [1.29, 1.82) is 0 Å². The Balaban J connectivity index is 1.95. The van der Waals surface area contributed by atoms with Crippen molar-refractivity contribution in [3.05, 3.63) is 59.0 Å². The zero-order valence-corrected chi connectivity index (χ0v) is 11.4. The van der Waals surface area contributed by atoms with Crippen molar-refractivity contribution in [2.75, 3.05) is 5.32 Å². The highest BCUT2D eigenvalue weighted by atomic mass is 35.5. The van der Waals surface area contributed by atoms with E-state index < -0.39 is 0 Å². The molecule has 1 N–H and O–H groups in total. The van der Waals surface area contributed by atoms with Gasteiger partial charge in [-0.05, 0) is 30.7 Å². The first-order chi connectivity index (χ1) is 9.66. The van der Waals surface area contributed by atoms with Crippen molar-refractivity contribution in [2.24, 2.45) is 0 Å². The van der Waals surface area contributed by atoms with Crippen LogP contribution in [0, 0.1) is 6.92 Å². The number of hydrogen-bond acceptors (Lipinski definition) is 3. The molecule has 0 bridgehead atoms. The second-order valence-electron chi connectivity index (χ2n) is 4.31. The standard InChI is InChI=1S/C14H11ClN4O/c1-9-11(15)4-2-5-12(9)18-14(20)10-8-17-19-7-3-6-16-13(10)19/h2-8H,1H3,(H,18,20). The maximum atomic E-state index is 12.3. The van der Waals surface area contributed by atoms with Gasteiger partial charge in [0.2, 0.25) is 0 Å². The zero-order valence-electron chi connectivity index (χ0n) is 10.7. The van der Waals surface area contributed by atoms with Gasteiger partial charge in [0.1, 0.15) is 5.56 Å². The summed E-state index contributed by atoms with van der Waals surface area (Å²) < 4.78 is 1.56. The minimum absolute atomic E-state index is 0.260. The summed E-state index contributed by atoms with van der Waals surface area (Å²) in [5.74, 6) is -0.260. The van der Waals surface area contributed by atoms with Gasteiger partial charge in [-0.25, -0.2) is 9.50 Å². The van der Waals surface area contributed by atoms with Gasteiger partial charge in [0.05, 0.1) is 6.20 Å². The Labute approximate surface area is 120 Å². The van der Waals surface area contributed by atoms with E-state index in [-0.39, 0.29) is 5.91 Å². The number of nitrogens with zero attached hydrogens (tertiary/aromatic N) is 3. The second kappa shape index (κ2) is 4.94. The molecule has 0 spiro atoms. The number of rotatable bonds is 2. The summed E-state index contributed by atoms with van der Waals surface area (Å²) in [6.07, 6.45) is 4.86. The Morgan fingerprint density at radius 2 is 2.20 bits per heavy atom. The summed E-state index contributed by atoms with van der Waals surface area (Å²) in [5.41, 5.74) is 2.44. The van der Waals surface area contributed by atoms with Gasteiger partial charge < -0.3 is 5.32 Å². The molecule has 0 aliphatic rings. The molecule has 0 fully saturated rings. The van der Waals surface area contributed by atoms with Crippen LogP contribution >= 0.6 is 11.6 Å². The van der Waals surface area contributed by atoms with Gasteiger partial charge in [0.25, 0.3) is 5.91 Å². The lowest BCUT2D eigenvalue weighted by molar-refractivity contribution is 0.102. The van der Waals surface area contributed by atoms with Gasteiger partial charge in [-0.15, -0.1) is 0 Å². The van der Waals surface area contributed by atoms with Crippen LogP contribution in [-0.2, 0) is 0 Å². The maximum absolute atomic E-state index is 12.3.